The Hall–Kier alpha value is -3.06. The van der Waals surface area contributed by atoms with E-state index in [0.717, 1.165) is 30.7 Å². The SMILES string of the molecule is CC(C)c1nc2c(c(-c3ccc(F)cc3)c1C(=O)c1ccc(C(F)(F)F)cc1)C(O)CC(C1CC1)C2. The van der Waals surface area contributed by atoms with Crippen LogP contribution >= 0.6 is 0 Å². The summed E-state index contributed by atoms with van der Waals surface area (Å²) >= 11 is 0. The number of carbonyl (C=O) groups is 1. The highest BCUT2D eigenvalue weighted by Gasteiger charge is 2.40. The Morgan fingerprint density at radius 3 is 2.19 bits per heavy atom. The fourth-order valence-corrected chi connectivity index (χ4v) is 5.37. The average Bonchev–Trinajstić information content (AvgIpc) is 3.68. The van der Waals surface area contributed by atoms with Crippen LogP contribution in [0.1, 0.15) is 83.6 Å². The molecule has 188 valence electrons. The van der Waals surface area contributed by atoms with Gasteiger partial charge in [0.1, 0.15) is 5.82 Å². The topological polar surface area (TPSA) is 50.2 Å². The maximum atomic E-state index is 13.9. The third-order valence-corrected chi connectivity index (χ3v) is 7.33. The Kier molecular flexibility index (Phi) is 6.23. The summed E-state index contributed by atoms with van der Waals surface area (Å²) in [6.07, 6.45) is -1.83. The molecule has 2 aromatic carbocycles. The smallest absolute Gasteiger partial charge is 0.388 e. The monoisotopic (exact) mass is 497 g/mol. The lowest BCUT2D eigenvalue weighted by Gasteiger charge is -2.32. The molecule has 7 heteroatoms. The van der Waals surface area contributed by atoms with Crippen LogP contribution in [0.2, 0.25) is 0 Å². The number of ketones is 1. The summed E-state index contributed by atoms with van der Waals surface area (Å²) in [6, 6.07) is 9.85. The molecule has 2 aliphatic carbocycles. The molecule has 0 aliphatic heterocycles. The first-order valence-electron chi connectivity index (χ1n) is 12.3. The fourth-order valence-electron chi connectivity index (χ4n) is 5.37. The molecule has 1 saturated carbocycles. The molecule has 5 rings (SSSR count). The van der Waals surface area contributed by atoms with Crippen LogP contribution in [-0.4, -0.2) is 15.9 Å². The maximum absolute atomic E-state index is 13.9. The van der Waals surface area contributed by atoms with E-state index in [2.05, 4.69) is 0 Å². The summed E-state index contributed by atoms with van der Waals surface area (Å²) in [5, 5.41) is 11.3. The van der Waals surface area contributed by atoms with Gasteiger partial charge in [-0.3, -0.25) is 9.78 Å². The van der Waals surface area contributed by atoms with Gasteiger partial charge in [-0.1, -0.05) is 38.1 Å². The van der Waals surface area contributed by atoms with Crippen LogP contribution in [-0.2, 0) is 12.6 Å². The maximum Gasteiger partial charge on any atom is 0.416 e. The first-order valence-corrected chi connectivity index (χ1v) is 12.3. The number of benzene rings is 2. The van der Waals surface area contributed by atoms with E-state index in [9.17, 15) is 27.5 Å². The van der Waals surface area contributed by atoms with Crippen molar-refractivity contribution in [1.29, 1.82) is 0 Å². The number of halogens is 4. The van der Waals surface area contributed by atoms with Crippen molar-refractivity contribution >= 4 is 5.78 Å². The van der Waals surface area contributed by atoms with Gasteiger partial charge in [-0.05, 0) is 73.3 Å². The molecule has 0 spiro atoms. The Labute approximate surface area is 207 Å². The van der Waals surface area contributed by atoms with Crippen molar-refractivity contribution < 1.29 is 27.5 Å². The standard InChI is InChI=1S/C29H27F4NO2/c1-15(2)27-26(28(36)18-5-9-20(10-6-18)29(31,32)33)24(17-7-11-21(30)12-8-17)25-22(34-27)13-19(14-23(25)35)16-3-4-16/h5-12,15-16,19,23,35H,3-4,13-14H2,1-2H3. The van der Waals surface area contributed by atoms with E-state index in [1.165, 1.54) is 24.3 Å². The van der Waals surface area contributed by atoms with Crippen molar-refractivity contribution in [2.75, 3.05) is 0 Å². The molecule has 1 aromatic heterocycles. The second kappa shape index (κ2) is 9.11. The van der Waals surface area contributed by atoms with Gasteiger partial charge in [0, 0.05) is 22.4 Å². The number of nitrogens with zero attached hydrogens (tertiary/aromatic N) is 1. The summed E-state index contributed by atoms with van der Waals surface area (Å²) in [7, 11) is 0. The number of fused-ring (bicyclic) bond motifs is 1. The van der Waals surface area contributed by atoms with E-state index in [1.807, 2.05) is 13.8 Å². The largest absolute Gasteiger partial charge is 0.416 e. The van der Waals surface area contributed by atoms with Gasteiger partial charge < -0.3 is 5.11 Å². The predicted octanol–water partition coefficient (Wildman–Crippen LogP) is 7.27. The van der Waals surface area contributed by atoms with Gasteiger partial charge in [0.05, 0.1) is 22.9 Å². The second-order valence-electron chi connectivity index (χ2n) is 10.2. The van der Waals surface area contributed by atoms with Crippen LogP contribution in [0, 0.1) is 17.7 Å². The van der Waals surface area contributed by atoms with E-state index >= 15 is 0 Å². The van der Waals surface area contributed by atoms with Crippen molar-refractivity contribution in [3.63, 3.8) is 0 Å². The second-order valence-corrected chi connectivity index (χ2v) is 10.2. The van der Waals surface area contributed by atoms with E-state index in [0.29, 0.717) is 47.1 Å². The molecule has 3 aromatic rings. The Morgan fingerprint density at radius 2 is 1.64 bits per heavy atom. The Balaban J connectivity index is 1.73. The minimum Gasteiger partial charge on any atom is -0.388 e. The molecular formula is C29H27F4NO2. The molecule has 3 nitrogen and oxygen atoms in total. The van der Waals surface area contributed by atoms with Crippen molar-refractivity contribution in [2.24, 2.45) is 11.8 Å². The van der Waals surface area contributed by atoms with Gasteiger partial charge in [-0.15, -0.1) is 0 Å². The van der Waals surface area contributed by atoms with Crippen molar-refractivity contribution in [2.45, 2.75) is 57.7 Å². The highest BCUT2D eigenvalue weighted by molar-refractivity contribution is 6.14. The third-order valence-electron chi connectivity index (χ3n) is 7.33. The molecule has 2 atom stereocenters. The van der Waals surface area contributed by atoms with Gasteiger partial charge in [0.15, 0.2) is 5.78 Å². The minimum atomic E-state index is -4.51. The molecule has 36 heavy (non-hydrogen) atoms. The zero-order valence-corrected chi connectivity index (χ0v) is 20.1. The molecule has 0 radical (unpaired) electrons. The molecule has 0 bridgehead atoms. The van der Waals surface area contributed by atoms with Gasteiger partial charge in [-0.2, -0.15) is 13.2 Å². The van der Waals surface area contributed by atoms with Crippen molar-refractivity contribution in [3.05, 3.63) is 88.0 Å². The highest BCUT2D eigenvalue weighted by atomic mass is 19.4. The van der Waals surface area contributed by atoms with Gasteiger partial charge in [0.25, 0.3) is 0 Å². The number of rotatable bonds is 5. The summed E-state index contributed by atoms with van der Waals surface area (Å²) in [6.45, 7) is 3.81. The highest BCUT2D eigenvalue weighted by Crippen LogP contribution is 2.49. The molecule has 2 unspecified atom stereocenters. The molecular weight excluding hydrogens is 470 g/mol. The van der Waals surface area contributed by atoms with Gasteiger partial charge in [0.2, 0.25) is 0 Å². The zero-order valence-electron chi connectivity index (χ0n) is 20.1. The van der Waals surface area contributed by atoms with E-state index in [1.54, 1.807) is 12.1 Å². The summed E-state index contributed by atoms with van der Waals surface area (Å²) in [4.78, 5) is 18.8. The quantitative estimate of drug-likeness (QED) is 0.298. The lowest BCUT2D eigenvalue weighted by atomic mass is 9.76. The number of carbonyl (C=O) groups excluding carboxylic acids is 1. The Bertz CT molecular complexity index is 1290. The van der Waals surface area contributed by atoms with Crippen LogP contribution in [0.5, 0.6) is 0 Å². The van der Waals surface area contributed by atoms with Crippen LogP contribution < -0.4 is 0 Å². The third kappa shape index (κ3) is 4.57. The van der Waals surface area contributed by atoms with Crippen LogP contribution in [0.4, 0.5) is 17.6 Å². The van der Waals surface area contributed by atoms with Crippen LogP contribution in [0.15, 0.2) is 48.5 Å². The van der Waals surface area contributed by atoms with E-state index < -0.39 is 29.4 Å². The molecule has 1 N–H and O–H groups in total. The van der Waals surface area contributed by atoms with Gasteiger partial charge in [-0.25, -0.2) is 4.39 Å². The minimum absolute atomic E-state index is 0.0937. The molecule has 0 saturated heterocycles. The number of hydrogen-bond donors (Lipinski definition) is 1. The number of aliphatic hydroxyl groups excluding tert-OH is 1. The number of pyridine rings is 1. The lowest BCUT2D eigenvalue weighted by Crippen LogP contribution is -2.25. The predicted molar refractivity (Wildman–Crippen MR) is 128 cm³/mol. The van der Waals surface area contributed by atoms with Crippen molar-refractivity contribution in [1.82, 2.24) is 4.98 Å². The first-order chi connectivity index (χ1) is 17.0. The Morgan fingerprint density at radius 1 is 1.00 bits per heavy atom. The molecule has 2 aliphatic rings. The fraction of sp³-hybridized carbons (Fsp3) is 0.379. The number of aromatic nitrogens is 1. The van der Waals surface area contributed by atoms with E-state index in [4.69, 9.17) is 4.98 Å². The van der Waals surface area contributed by atoms with Crippen LogP contribution in [0.3, 0.4) is 0 Å². The molecule has 1 heterocycles. The number of hydrogen-bond acceptors (Lipinski definition) is 3. The van der Waals surface area contributed by atoms with E-state index in [-0.39, 0.29) is 17.0 Å². The summed E-state index contributed by atoms with van der Waals surface area (Å²) in [5.41, 5.74) is 2.41. The van der Waals surface area contributed by atoms with Crippen molar-refractivity contribution in [3.8, 4) is 11.1 Å². The number of aliphatic hydroxyl groups is 1. The average molecular weight is 498 g/mol. The first kappa shape index (κ1) is 24.6. The zero-order chi connectivity index (χ0) is 25.8. The summed E-state index contributed by atoms with van der Waals surface area (Å²) in [5.74, 6) is -0.187. The van der Waals surface area contributed by atoms with Gasteiger partial charge >= 0.3 is 6.18 Å². The molecule has 0 amide bonds. The normalized spacial score (nSPS) is 19.9. The summed E-state index contributed by atoms with van der Waals surface area (Å²) < 4.78 is 53.1. The van der Waals surface area contributed by atoms with Crippen LogP contribution in [0.25, 0.3) is 11.1 Å². The lowest BCUT2D eigenvalue weighted by molar-refractivity contribution is -0.137. The number of alkyl halides is 3. The molecule has 1 fully saturated rings.